The van der Waals surface area contributed by atoms with Gasteiger partial charge in [-0.3, -0.25) is 9.52 Å². The van der Waals surface area contributed by atoms with Crippen molar-refractivity contribution >= 4 is 61.4 Å². The third-order valence-corrected chi connectivity index (χ3v) is 6.65. The summed E-state index contributed by atoms with van der Waals surface area (Å²) in [4.78, 5) is 24.6. The molecule has 0 saturated heterocycles. The molecule has 2 N–H and O–H groups in total. The molecule has 0 bridgehead atoms. The average molecular weight is 468 g/mol. The second-order valence-electron chi connectivity index (χ2n) is 5.37. The Morgan fingerprint density at radius 1 is 1.28 bits per heavy atom. The van der Waals surface area contributed by atoms with E-state index in [0.717, 1.165) is 0 Å². The number of thiazole rings is 1. The standard InChI is InChI=1S/C17H14ClN5O3S3/c1-2-8-27-16-20-10-13(18)14(22-16)15(24)21-11-3-5-12(6-4-11)29(25,26)23-17-19-7-9-28-17/h2-7,9-10H,1,8H2,(H,19,23)(H,21,24). The van der Waals surface area contributed by atoms with E-state index in [1.165, 1.54) is 59.8 Å². The Kier molecular flexibility index (Phi) is 6.85. The molecule has 0 aliphatic heterocycles. The Bertz CT molecular complexity index is 1120. The number of nitrogens with zero attached hydrogens (tertiary/aromatic N) is 3. The predicted molar refractivity (Wildman–Crippen MR) is 115 cm³/mol. The molecular formula is C17H14ClN5O3S3. The van der Waals surface area contributed by atoms with Crippen LogP contribution in [0.1, 0.15) is 10.5 Å². The van der Waals surface area contributed by atoms with Crippen LogP contribution in [-0.4, -0.2) is 35.0 Å². The molecule has 150 valence electrons. The number of anilines is 2. The van der Waals surface area contributed by atoms with Crippen LogP contribution in [0.25, 0.3) is 0 Å². The van der Waals surface area contributed by atoms with Gasteiger partial charge in [-0.05, 0) is 24.3 Å². The molecule has 12 heteroatoms. The third kappa shape index (κ3) is 5.54. The van der Waals surface area contributed by atoms with E-state index in [1.807, 2.05) is 0 Å². The highest BCUT2D eigenvalue weighted by Gasteiger charge is 2.17. The van der Waals surface area contributed by atoms with Gasteiger partial charge in [-0.25, -0.2) is 23.4 Å². The van der Waals surface area contributed by atoms with Crippen LogP contribution in [0.3, 0.4) is 0 Å². The van der Waals surface area contributed by atoms with Crippen molar-refractivity contribution in [1.82, 2.24) is 15.0 Å². The topological polar surface area (TPSA) is 114 Å². The quantitative estimate of drug-likeness (QED) is 0.293. The Morgan fingerprint density at radius 2 is 2.03 bits per heavy atom. The average Bonchev–Trinajstić information content (AvgIpc) is 3.20. The number of carbonyl (C=O) groups is 1. The molecule has 0 fully saturated rings. The van der Waals surface area contributed by atoms with Gasteiger partial charge in [0.05, 0.1) is 16.1 Å². The molecule has 0 saturated carbocycles. The summed E-state index contributed by atoms with van der Waals surface area (Å²) in [7, 11) is -3.77. The minimum absolute atomic E-state index is 0.0235. The van der Waals surface area contributed by atoms with E-state index in [-0.39, 0.29) is 20.7 Å². The molecular weight excluding hydrogens is 454 g/mol. The Morgan fingerprint density at radius 3 is 2.69 bits per heavy atom. The predicted octanol–water partition coefficient (Wildman–Crippen LogP) is 3.92. The lowest BCUT2D eigenvalue weighted by Crippen LogP contribution is -2.16. The molecule has 3 aromatic rings. The lowest BCUT2D eigenvalue weighted by Gasteiger charge is -2.09. The van der Waals surface area contributed by atoms with E-state index in [2.05, 4.69) is 31.6 Å². The maximum Gasteiger partial charge on any atom is 0.275 e. The lowest BCUT2D eigenvalue weighted by molar-refractivity contribution is 0.102. The number of hydrogen-bond acceptors (Lipinski definition) is 8. The first-order valence-corrected chi connectivity index (χ1v) is 11.7. The second kappa shape index (κ2) is 9.35. The summed E-state index contributed by atoms with van der Waals surface area (Å²) in [6.07, 6.45) is 4.55. The van der Waals surface area contributed by atoms with Crippen LogP contribution in [0, 0.1) is 0 Å². The van der Waals surface area contributed by atoms with Crippen LogP contribution in [0.5, 0.6) is 0 Å². The van der Waals surface area contributed by atoms with Crippen LogP contribution < -0.4 is 10.0 Å². The molecule has 0 radical (unpaired) electrons. The molecule has 3 rings (SSSR count). The van der Waals surface area contributed by atoms with Gasteiger partial charge in [0.15, 0.2) is 16.0 Å². The fourth-order valence-electron chi connectivity index (χ4n) is 2.07. The van der Waals surface area contributed by atoms with Crippen LogP contribution in [0.15, 0.2) is 64.7 Å². The van der Waals surface area contributed by atoms with Crippen LogP contribution in [0.2, 0.25) is 5.02 Å². The molecule has 0 spiro atoms. The number of nitrogens with one attached hydrogen (secondary N) is 2. The molecule has 0 atom stereocenters. The summed E-state index contributed by atoms with van der Waals surface area (Å²) < 4.78 is 27.1. The van der Waals surface area contributed by atoms with E-state index >= 15 is 0 Å². The zero-order valence-corrected chi connectivity index (χ0v) is 17.9. The summed E-state index contributed by atoms with van der Waals surface area (Å²) in [6, 6.07) is 5.69. The normalized spacial score (nSPS) is 11.1. The van der Waals surface area contributed by atoms with E-state index in [4.69, 9.17) is 11.6 Å². The monoisotopic (exact) mass is 467 g/mol. The van der Waals surface area contributed by atoms with Crippen LogP contribution in [0.4, 0.5) is 10.8 Å². The molecule has 0 aliphatic rings. The maximum atomic E-state index is 12.5. The van der Waals surface area contributed by atoms with Gasteiger partial charge in [0, 0.05) is 23.0 Å². The van der Waals surface area contributed by atoms with Gasteiger partial charge >= 0.3 is 0 Å². The molecule has 0 unspecified atom stereocenters. The number of carbonyl (C=O) groups excluding carboxylic acids is 1. The Labute approximate surface area is 180 Å². The molecule has 0 aliphatic carbocycles. The molecule has 2 heterocycles. The van der Waals surface area contributed by atoms with Gasteiger partial charge in [0.2, 0.25) is 0 Å². The van der Waals surface area contributed by atoms with Gasteiger partial charge in [0.25, 0.3) is 15.9 Å². The summed E-state index contributed by atoms with van der Waals surface area (Å²) in [5.41, 5.74) is 0.411. The fraction of sp³-hybridized carbons (Fsp3) is 0.0588. The van der Waals surface area contributed by atoms with E-state index < -0.39 is 15.9 Å². The minimum atomic E-state index is -3.77. The number of hydrogen-bond donors (Lipinski definition) is 2. The summed E-state index contributed by atoms with van der Waals surface area (Å²) in [6.45, 7) is 3.62. The van der Waals surface area contributed by atoms with Crippen molar-refractivity contribution in [3.63, 3.8) is 0 Å². The zero-order chi connectivity index (χ0) is 20.9. The number of halogens is 1. The number of sulfonamides is 1. The molecule has 8 nitrogen and oxygen atoms in total. The summed E-state index contributed by atoms with van der Waals surface area (Å²) >= 11 is 8.52. The van der Waals surface area contributed by atoms with E-state index in [0.29, 0.717) is 16.6 Å². The van der Waals surface area contributed by atoms with Gasteiger partial charge in [-0.2, -0.15) is 0 Å². The highest BCUT2D eigenvalue weighted by Crippen LogP contribution is 2.22. The molecule has 2 aromatic heterocycles. The van der Waals surface area contributed by atoms with Crippen molar-refractivity contribution in [1.29, 1.82) is 0 Å². The first kappa shape index (κ1) is 21.2. The zero-order valence-electron chi connectivity index (χ0n) is 14.7. The van der Waals surface area contributed by atoms with Crippen molar-refractivity contribution in [2.24, 2.45) is 0 Å². The number of amides is 1. The van der Waals surface area contributed by atoms with E-state index in [1.54, 1.807) is 11.5 Å². The highest BCUT2D eigenvalue weighted by atomic mass is 35.5. The lowest BCUT2D eigenvalue weighted by atomic mass is 10.3. The smallest absolute Gasteiger partial charge is 0.275 e. The summed E-state index contributed by atoms with van der Waals surface area (Å²) in [5, 5.41) is 5.08. The van der Waals surface area contributed by atoms with Gasteiger partial charge in [0.1, 0.15) is 0 Å². The second-order valence-corrected chi connectivity index (χ2v) is 9.34. The van der Waals surface area contributed by atoms with Gasteiger partial charge < -0.3 is 5.32 Å². The van der Waals surface area contributed by atoms with E-state index in [9.17, 15) is 13.2 Å². The minimum Gasteiger partial charge on any atom is -0.321 e. The molecule has 29 heavy (non-hydrogen) atoms. The van der Waals surface area contributed by atoms with Crippen molar-refractivity contribution in [3.8, 4) is 0 Å². The number of aromatic nitrogens is 3. The third-order valence-electron chi connectivity index (χ3n) is 3.34. The van der Waals surface area contributed by atoms with Crippen molar-refractivity contribution in [2.75, 3.05) is 15.8 Å². The van der Waals surface area contributed by atoms with Crippen molar-refractivity contribution < 1.29 is 13.2 Å². The number of benzene rings is 1. The summed E-state index contributed by atoms with van der Waals surface area (Å²) in [5.74, 6) is 0.0579. The largest absolute Gasteiger partial charge is 0.321 e. The molecule has 1 amide bonds. The maximum absolute atomic E-state index is 12.5. The highest BCUT2D eigenvalue weighted by molar-refractivity contribution is 7.99. The first-order valence-electron chi connectivity index (χ1n) is 7.99. The SMILES string of the molecule is C=CCSc1ncc(Cl)c(C(=O)Nc2ccc(S(=O)(=O)Nc3nccs3)cc2)n1. The fourth-order valence-corrected chi connectivity index (χ4v) is 4.58. The van der Waals surface area contributed by atoms with Crippen LogP contribution in [-0.2, 0) is 10.0 Å². The van der Waals surface area contributed by atoms with Crippen LogP contribution >= 0.6 is 34.7 Å². The Hall–Kier alpha value is -2.47. The van der Waals surface area contributed by atoms with Gasteiger partial charge in [-0.15, -0.1) is 17.9 Å². The van der Waals surface area contributed by atoms with Crippen molar-refractivity contribution in [2.45, 2.75) is 10.1 Å². The molecule has 1 aromatic carbocycles. The Balaban J connectivity index is 1.72. The first-order chi connectivity index (χ1) is 13.9. The number of thioether (sulfide) groups is 1. The number of rotatable bonds is 8. The van der Waals surface area contributed by atoms with Crippen molar-refractivity contribution in [3.05, 3.63) is 65.4 Å². The van der Waals surface area contributed by atoms with Gasteiger partial charge in [-0.1, -0.05) is 29.4 Å².